The molecule has 0 atom stereocenters. The Hall–Kier alpha value is -2.34. The molecule has 1 amide bonds. The lowest BCUT2D eigenvalue weighted by atomic mass is 10.1. The van der Waals surface area contributed by atoms with Gasteiger partial charge >= 0.3 is 0 Å². The fourth-order valence-corrected chi connectivity index (χ4v) is 3.49. The van der Waals surface area contributed by atoms with Gasteiger partial charge in [0.25, 0.3) is 15.9 Å². The lowest BCUT2D eigenvalue weighted by molar-refractivity contribution is 0.0919. The summed E-state index contributed by atoms with van der Waals surface area (Å²) in [5.74, 6) is -0.307. The molecule has 0 saturated carbocycles. The molecule has 0 aromatic heterocycles. The van der Waals surface area contributed by atoms with E-state index >= 15 is 0 Å². The summed E-state index contributed by atoms with van der Waals surface area (Å²) in [5, 5.41) is 2.83. The minimum absolute atomic E-state index is 0.0907. The second-order valence-electron chi connectivity index (χ2n) is 6.66. The molecule has 0 aliphatic rings. The van der Waals surface area contributed by atoms with E-state index in [0.29, 0.717) is 16.8 Å². The second-order valence-corrected chi connectivity index (χ2v) is 8.31. The maximum atomic E-state index is 12.6. The topological polar surface area (TPSA) is 75.3 Å². The molecule has 0 bridgehead atoms. The van der Waals surface area contributed by atoms with E-state index in [9.17, 15) is 13.2 Å². The summed E-state index contributed by atoms with van der Waals surface area (Å²) in [5.41, 5.74) is 0.958. The zero-order valence-corrected chi connectivity index (χ0v) is 15.1. The van der Waals surface area contributed by atoms with Crippen LogP contribution in [0, 0.1) is 6.92 Å². The van der Waals surface area contributed by atoms with Crippen molar-refractivity contribution in [1.82, 2.24) is 5.32 Å². The number of hydrogen-bond donors (Lipinski definition) is 2. The van der Waals surface area contributed by atoms with E-state index in [1.54, 1.807) is 49.4 Å². The van der Waals surface area contributed by atoms with Crippen molar-refractivity contribution in [3.63, 3.8) is 0 Å². The van der Waals surface area contributed by atoms with Crippen LogP contribution in [-0.2, 0) is 10.0 Å². The Morgan fingerprint density at radius 2 is 1.62 bits per heavy atom. The third kappa shape index (κ3) is 4.58. The summed E-state index contributed by atoms with van der Waals surface area (Å²) in [6.45, 7) is 7.31. The molecule has 2 aromatic carbocycles. The van der Waals surface area contributed by atoms with Gasteiger partial charge in [-0.1, -0.05) is 24.3 Å². The minimum atomic E-state index is -3.77. The smallest absolute Gasteiger partial charge is 0.262 e. The van der Waals surface area contributed by atoms with Gasteiger partial charge in [0.15, 0.2) is 0 Å². The fraction of sp³-hybridized carbons (Fsp3) is 0.278. The van der Waals surface area contributed by atoms with Crippen molar-refractivity contribution in [2.24, 2.45) is 0 Å². The Labute approximate surface area is 143 Å². The van der Waals surface area contributed by atoms with Crippen LogP contribution >= 0.6 is 0 Å². The average molecular weight is 346 g/mol. The normalized spacial score (nSPS) is 11.8. The van der Waals surface area contributed by atoms with E-state index in [0.717, 1.165) is 0 Å². The minimum Gasteiger partial charge on any atom is -0.347 e. The number of para-hydroxylation sites is 1. The van der Waals surface area contributed by atoms with Gasteiger partial charge < -0.3 is 5.32 Å². The maximum Gasteiger partial charge on any atom is 0.262 e. The van der Waals surface area contributed by atoms with E-state index in [-0.39, 0.29) is 10.8 Å². The van der Waals surface area contributed by atoms with Gasteiger partial charge in [-0.2, -0.15) is 0 Å². The summed E-state index contributed by atoms with van der Waals surface area (Å²) in [7, 11) is -3.77. The average Bonchev–Trinajstić information content (AvgIpc) is 2.46. The molecular formula is C18H22N2O3S. The highest BCUT2D eigenvalue weighted by atomic mass is 32.2. The third-order valence-corrected chi connectivity index (χ3v) is 4.78. The summed E-state index contributed by atoms with van der Waals surface area (Å²) >= 11 is 0. The number of hydrogen-bond acceptors (Lipinski definition) is 3. The largest absolute Gasteiger partial charge is 0.347 e. The van der Waals surface area contributed by atoms with Crippen molar-refractivity contribution in [2.45, 2.75) is 38.1 Å². The van der Waals surface area contributed by atoms with Gasteiger partial charge in [0.2, 0.25) is 0 Å². The highest BCUT2D eigenvalue weighted by Crippen LogP contribution is 2.21. The number of carbonyl (C=O) groups is 1. The van der Waals surface area contributed by atoms with Gasteiger partial charge in [0.05, 0.1) is 4.90 Å². The molecule has 6 heteroatoms. The number of amides is 1. The van der Waals surface area contributed by atoms with Crippen LogP contribution in [0.2, 0.25) is 0 Å². The number of anilines is 1. The van der Waals surface area contributed by atoms with Gasteiger partial charge in [-0.15, -0.1) is 0 Å². The summed E-state index contributed by atoms with van der Waals surface area (Å²) in [6, 6.07) is 13.3. The van der Waals surface area contributed by atoms with Crippen molar-refractivity contribution < 1.29 is 13.2 Å². The molecule has 2 N–H and O–H groups in total. The first kappa shape index (κ1) is 18.0. The summed E-state index contributed by atoms with van der Waals surface area (Å²) in [4.78, 5) is 12.4. The number of rotatable bonds is 4. The molecule has 0 unspecified atom stereocenters. The third-order valence-electron chi connectivity index (χ3n) is 3.25. The summed E-state index contributed by atoms with van der Waals surface area (Å²) < 4.78 is 27.8. The molecule has 2 aromatic rings. The molecule has 0 fully saturated rings. The Balaban J connectivity index is 2.36. The van der Waals surface area contributed by atoms with E-state index in [1.807, 2.05) is 20.8 Å². The van der Waals surface area contributed by atoms with Crippen LogP contribution in [0.5, 0.6) is 0 Å². The van der Waals surface area contributed by atoms with Gasteiger partial charge in [-0.3, -0.25) is 9.52 Å². The monoisotopic (exact) mass is 346 g/mol. The van der Waals surface area contributed by atoms with Gasteiger partial charge in [0.1, 0.15) is 0 Å². The zero-order chi connectivity index (χ0) is 18.0. The van der Waals surface area contributed by atoms with E-state index in [4.69, 9.17) is 0 Å². The van der Waals surface area contributed by atoms with Gasteiger partial charge in [-0.25, -0.2) is 8.42 Å². The fourth-order valence-electron chi connectivity index (χ4n) is 2.16. The van der Waals surface area contributed by atoms with Crippen LogP contribution in [0.4, 0.5) is 5.69 Å². The Morgan fingerprint density at radius 3 is 2.21 bits per heavy atom. The van der Waals surface area contributed by atoms with Crippen molar-refractivity contribution in [2.75, 3.05) is 4.72 Å². The number of nitrogens with one attached hydrogen (secondary N) is 2. The van der Waals surface area contributed by atoms with Crippen LogP contribution in [-0.4, -0.2) is 19.9 Å². The molecule has 0 radical (unpaired) electrons. The Kier molecular flexibility index (Phi) is 4.99. The standard InChI is InChI=1S/C18H22N2O3S/c1-13-10-11-14(17(21)19-18(2,3)4)12-16(13)24(22,23)20-15-8-6-5-7-9-15/h5-12,20H,1-4H3,(H,19,21). The maximum absolute atomic E-state index is 12.6. The molecular weight excluding hydrogens is 324 g/mol. The predicted molar refractivity (Wildman–Crippen MR) is 95.6 cm³/mol. The number of sulfonamides is 1. The SMILES string of the molecule is Cc1ccc(C(=O)NC(C)(C)C)cc1S(=O)(=O)Nc1ccccc1. The van der Waals surface area contributed by atoms with E-state index in [2.05, 4.69) is 10.0 Å². The molecule has 0 heterocycles. The lowest BCUT2D eigenvalue weighted by Gasteiger charge is -2.21. The van der Waals surface area contributed by atoms with Gasteiger partial charge in [-0.05, 0) is 57.5 Å². The molecule has 0 saturated heterocycles. The quantitative estimate of drug-likeness (QED) is 0.892. The molecule has 5 nitrogen and oxygen atoms in total. The first-order valence-corrected chi connectivity index (χ1v) is 9.08. The van der Waals surface area contributed by atoms with Crippen LogP contribution in [0.25, 0.3) is 0 Å². The number of aryl methyl sites for hydroxylation is 1. The van der Waals surface area contributed by atoms with Crippen LogP contribution in [0.3, 0.4) is 0 Å². The number of benzene rings is 2. The zero-order valence-electron chi connectivity index (χ0n) is 14.3. The summed E-state index contributed by atoms with van der Waals surface area (Å²) in [6.07, 6.45) is 0. The number of carbonyl (C=O) groups excluding carboxylic acids is 1. The van der Waals surface area contributed by atoms with Crippen molar-refractivity contribution in [3.8, 4) is 0 Å². The van der Waals surface area contributed by atoms with Crippen molar-refractivity contribution >= 4 is 21.6 Å². The highest BCUT2D eigenvalue weighted by molar-refractivity contribution is 7.92. The van der Waals surface area contributed by atoms with Crippen molar-refractivity contribution in [3.05, 3.63) is 59.7 Å². The van der Waals surface area contributed by atoms with Crippen LogP contribution in [0.15, 0.2) is 53.4 Å². The molecule has 0 aliphatic carbocycles. The molecule has 0 aliphatic heterocycles. The van der Waals surface area contributed by atoms with E-state index in [1.165, 1.54) is 6.07 Å². The highest BCUT2D eigenvalue weighted by Gasteiger charge is 2.21. The predicted octanol–water partition coefficient (Wildman–Crippen LogP) is 3.32. The van der Waals surface area contributed by atoms with Crippen LogP contribution in [0.1, 0.15) is 36.7 Å². The Bertz CT molecular complexity index is 838. The molecule has 24 heavy (non-hydrogen) atoms. The lowest BCUT2D eigenvalue weighted by Crippen LogP contribution is -2.40. The van der Waals surface area contributed by atoms with Crippen molar-refractivity contribution in [1.29, 1.82) is 0 Å². The first-order valence-electron chi connectivity index (χ1n) is 7.59. The van der Waals surface area contributed by atoms with Gasteiger partial charge in [0, 0.05) is 16.8 Å². The first-order chi connectivity index (χ1) is 11.1. The molecule has 2 rings (SSSR count). The molecule has 128 valence electrons. The van der Waals surface area contributed by atoms with Crippen LogP contribution < -0.4 is 10.0 Å². The molecule has 0 spiro atoms. The Morgan fingerprint density at radius 1 is 1.00 bits per heavy atom. The second kappa shape index (κ2) is 6.65. The van der Waals surface area contributed by atoms with E-state index < -0.39 is 15.6 Å².